The van der Waals surface area contributed by atoms with Gasteiger partial charge in [-0.1, -0.05) is 6.07 Å². The van der Waals surface area contributed by atoms with Crippen LogP contribution in [0.15, 0.2) is 22.6 Å². The number of piperazine rings is 1. The second-order valence-electron chi connectivity index (χ2n) is 7.17. The number of aromatic nitrogens is 2. The topological polar surface area (TPSA) is 102 Å². The lowest BCUT2D eigenvalue weighted by atomic mass is 10.0. The summed E-state index contributed by atoms with van der Waals surface area (Å²) in [6, 6.07) is 5.68. The molecule has 2 aromatic heterocycles. The normalized spacial score (nSPS) is 14.1. The van der Waals surface area contributed by atoms with E-state index in [9.17, 15) is 4.79 Å². The Morgan fingerprint density at radius 3 is 2.60 bits per heavy atom. The average Bonchev–Trinajstić information content (AvgIpc) is 3.07. The van der Waals surface area contributed by atoms with Crippen LogP contribution in [0, 0.1) is 13.8 Å². The molecular weight excluding hydrogens is 386 g/mol. The number of nitrogens with zero attached hydrogens (tertiary/aromatic N) is 3. The molecule has 1 aliphatic rings. The van der Waals surface area contributed by atoms with Crippen molar-refractivity contribution in [2.45, 2.75) is 13.8 Å². The zero-order chi connectivity index (χ0) is 21.3. The van der Waals surface area contributed by atoms with E-state index >= 15 is 0 Å². The first-order valence-corrected chi connectivity index (χ1v) is 9.78. The van der Waals surface area contributed by atoms with Gasteiger partial charge < -0.3 is 24.1 Å². The highest BCUT2D eigenvalue weighted by atomic mass is 16.5. The van der Waals surface area contributed by atoms with Crippen molar-refractivity contribution in [1.82, 2.24) is 20.2 Å². The number of furan rings is 1. The van der Waals surface area contributed by atoms with Crippen LogP contribution in [-0.2, 0) is 0 Å². The number of hydrogen-bond donors (Lipinski definition) is 2. The zero-order valence-electron chi connectivity index (χ0n) is 17.5. The number of amides is 2. The summed E-state index contributed by atoms with van der Waals surface area (Å²) in [7, 11) is 3.12. The van der Waals surface area contributed by atoms with Crippen molar-refractivity contribution in [3.05, 3.63) is 29.5 Å². The highest BCUT2D eigenvalue weighted by Crippen LogP contribution is 2.37. The lowest BCUT2D eigenvalue weighted by molar-refractivity contribution is 0.203. The number of nitrogens with one attached hydrogen (secondary N) is 2. The Kier molecular flexibility index (Phi) is 5.45. The first-order valence-electron chi connectivity index (χ1n) is 9.78. The summed E-state index contributed by atoms with van der Waals surface area (Å²) in [5.74, 6) is 1.88. The van der Waals surface area contributed by atoms with Gasteiger partial charge in [0.1, 0.15) is 17.0 Å². The van der Waals surface area contributed by atoms with Crippen LogP contribution in [0.3, 0.4) is 0 Å². The molecule has 0 spiro atoms. The van der Waals surface area contributed by atoms with Gasteiger partial charge in [-0.3, -0.25) is 5.32 Å². The van der Waals surface area contributed by atoms with Crippen molar-refractivity contribution in [3.8, 4) is 22.8 Å². The van der Waals surface area contributed by atoms with Crippen LogP contribution < -0.4 is 20.1 Å². The van der Waals surface area contributed by atoms with Crippen molar-refractivity contribution in [3.63, 3.8) is 0 Å². The van der Waals surface area contributed by atoms with Gasteiger partial charge in [0.2, 0.25) is 5.71 Å². The SMILES string of the molecule is COc1cc(C)cc(-c2c(C)oc3nc(OC)c(NC(=O)N4CCNCC4)nc23)c1. The lowest BCUT2D eigenvalue weighted by Crippen LogP contribution is -2.48. The van der Waals surface area contributed by atoms with Crippen molar-refractivity contribution >= 4 is 23.1 Å². The highest BCUT2D eigenvalue weighted by Gasteiger charge is 2.23. The first-order chi connectivity index (χ1) is 14.5. The molecule has 3 aromatic rings. The van der Waals surface area contributed by atoms with Crippen LogP contribution in [0.1, 0.15) is 11.3 Å². The van der Waals surface area contributed by atoms with Crippen LogP contribution in [-0.4, -0.2) is 61.3 Å². The number of anilines is 1. The summed E-state index contributed by atoms with van der Waals surface area (Å²) < 4.78 is 16.6. The highest BCUT2D eigenvalue weighted by molar-refractivity contribution is 5.95. The Bertz CT molecular complexity index is 1090. The number of fused-ring (bicyclic) bond motifs is 1. The monoisotopic (exact) mass is 411 g/mol. The summed E-state index contributed by atoms with van der Waals surface area (Å²) >= 11 is 0. The average molecular weight is 411 g/mol. The van der Waals surface area contributed by atoms with Crippen molar-refractivity contribution in [1.29, 1.82) is 0 Å². The largest absolute Gasteiger partial charge is 0.497 e. The predicted molar refractivity (Wildman–Crippen MR) is 113 cm³/mol. The number of benzene rings is 1. The van der Waals surface area contributed by atoms with E-state index in [-0.39, 0.29) is 17.7 Å². The third-order valence-electron chi connectivity index (χ3n) is 5.07. The van der Waals surface area contributed by atoms with E-state index in [1.807, 2.05) is 32.0 Å². The minimum Gasteiger partial charge on any atom is -0.497 e. The maximum Gasteiger partial charge on any atom is 0.323 e. The van der Waals surface area contributed by atoms with Gasteiger partial charge in [0.15, 0.2) is 5.82 Å². The first kappa shape index (κ1) is 20.0. The van der Waals surface area contributed by atoms with E-state index in [0.717, 1.165) is 35.5 Å². The summed E-state index contributed by atoms with van der Waals surface area (Å²) in [6.07, 6.45) is 0. The fourth-order valence-electron chi connectivity index (χ4n) is 3.62. The van der Waals surface area contributed by atoms with E-state index < -0.39 is 0 Å². The van der Waals surface area contributed by atoms with Gasteiger partial charge in [-0.05, 0) is 37.1 Å². The molecule has 0 aliphatic carbocycles. The summed E-state index contributed by atoms with van der Waals surface area (Å²) in [5, 5.41) is 6.06. The number of carbonyl (C=O) groups is 1. The van der Waals surface area contributed by atoms with Crippen LogP contribution >= 0.6 is 0 Å². The van der Waals surface area contributed by atoms with Crippen LogP contribution in [0.2, 0.25) is 0 Å². The van der Waals surface area contributed by atoms with Gasteiger partial charge in [0, 0.05) is 26.2 Å². The molecule has 1 fully saturated rings. The molecule has 1 saturated heterocycles. The van der Waals surface area contributed by atoms with Gasteiger partial charge >= 0.3 is 6.03 Å². The van der Waals surface area contributed by atoms with E-state index in [0.29, 0.717) is 30.1 Å². The molecule has 158 valence electrons. The maximum atomic E-state index is 12.7. The quantitative estimate of drug-likeness (QED) is 0.680. The number of hydrogen-bond acceptors (Lipinski definition) is 7. The molecule has 0 radical (unpaired) electrons. The molecule has 2 amide bonds. The molecule has 30 heavy (non-hydrogen) atoms. The van der Waals surface area contributed by atoms with Crippen molar-refractivity contribution in [2.24, 2.45) is 0 Å². The van der Waals surface area contributed by atoms with Gasteiger partial charge in [-0.2, -0.15) is 4.98 Å². The Balaban J connectivity index is 1.78. The molecule has 0 unspecified atom stereocenters. The Labute approximate surface area is 174 Å². The van der Waals surface area contributed by atoms with Gasteiger partial charge in [0.05, 0.1) is 19.8 Å². The number of methoxy groups -OCH3 is 2. The van der Waals surface area contributed by atoms with Crippen molar-refractivity contribution in [2.75, 3.05) is 45.7 Å². The second kappa shape index (κ2) is 8.19. The Hall–Kier alpha value is -3.33. The predicted octanol–water partition coefficient (Wildman–Crippen LogP) is 2.96. The molecule has 2 N–H and O–H groups in total. The van der Waals surface area contributed by atoms with E-state index in [1.165, 1.54) is 7.11 Å². The van der Waals surface area contributed by atoms with Crippen LogP contribution in [0.25, 0.3) is 22.4 Å². The molecule has 9 heteroatoms. The molecule has 9 nitrogen and oxygen atoms in total. The lowest BCUT2D eigenvalue weighted by Gasteiger charge is -2.27. The standard InChI is InChI=1S/C21H25N5O4/c1-12-9-14(11-15(10-12)28-3)16-13(2)30-19-17(16)23-18(20(25-19)29-4)24-21(27)26-7-5-22-6-8-26/h9-11,22H,5-8H2,1-4H3,(H,23,24,27). The number of rotatable bonds is 4. The van der Waals surface area contributed by atoms with Gasteiger partial charge in [0.25, 0.3) is 5.88 Å². The van der Waals surface area contributed by atoms with E-state index in [1.54, 1.807) is 12.0 Å². The van der Waals surface area contributed by atoms with Gasteiger partial charge in [-0.25, -0.2) is 9.78 Å². The third-order valence-corrected chi connectivity index (χ3v) is 5.07. The van der Waals surface area contributed by atoms with Gasteiger partial charge in [-0.15, -0.1) is 0 Å². The fraction of sp³-hybridized carbons (Fsp3) is 0.381. The summed E-state index contributed by atoms with van der Waals surface area (Å²) in [4.78, 5) is 23.5. The summed E-state index contributed by atoms with van der Waals surface area (Å²) in [5.41, 5.74) is 3.66. The number of aryl methyl sites for hydroxylation is 2. The Morgan fingerprint density at radius 2 is 1.90 bits per heavy atom. The number of ether oxygens (including phenoxy) is 2. The molecule has 0 saturated carbocycles. The van der Waals surface area contributed by atoms with Crippen LogP contribution in [0.5, 0.6) is 11.6 Å². The fourth-order valence-corrected chi connectivity index (χ4v) is 3.62. The van der Waals surface area contributed by atoms with Crippen molar-refractivity contribution < 1.29 is 18.7 Å². The molecule has 0 atom stereocenters. The number of urea groups is 1. The number of carbonyl (C=O) groups excluding carboxylic acids is 1. The zero-order valence-corrected chi connectivity index (χ0v) is 17.5. The van der Waals surface area contributed by atoms with E-state index in [2.05, 4.69) is 20.6 Å². The Morgan fingerprint density at radius 1 is 1.13 bits per heavy atom. The summed E-state index contributed by atoms with van der Waals surface area (Å²) in [6.45, 7) is 6.63. The molecule has 4 rings (SSSR count). The molecule has 1 aliphatic heterocycles. The molecular formula is C21H25N5O4. The second-order valence-corrected chi connectivity index (χ2v) is 7.17. The maximum absolute atomic E-state index is 12.7. The molecule has 3 heterocycles. The molecule has 1 aromatic carbocycles. The molecule has 0 bridgehead atoms. The smallest absolute Gasteiger partial charge is 0.323 e. The van der Waals surface area contributed by atoms with Crippen LogP contribution in [0.4, 0.5) is 10.6 Å². The minimum absolute atomic E-state index is 0.202. The third kappa shape index (κ3) is 3.76. The van der Waals surface area contributed by atoms with E-state index in [4.69, 9.17) is 13.9 Å². The minimum atomic E-state index is -0.234.